The first-order chi connectivity index (χ1) is 19.3. The Morgan fingerprint density at radius 1 is 1.02 bits per heavy atom. The first kappa shape index (κ1) is 36.4. The van der Waals surface area contributed by atoms with Gasteiger partial charge in [0.2, 0.25) is 0 Å². The molecule has 1 N–H and O–H groups in total. The van der Waals surface area contributed by atoms with Crippen molar-refractivity contribution in [2.75, 3.05) is 7.11 Å². The predicted octanol–water partition coefficient (Wildman–Crippen LogP) is 6.93. The van der Waals surface area contributed by atoms with E-state index in [-0.39, 0.29) is 29.9 Å². The molecule has 41 heavy (non-hydrogen) atoms. The average molecular weight is 595 g/mol. The molecule has 0 fully saturated rings. The molecule has 1 aromatic rings. The summed E-state index contributed by atoms with van der Waals surface area (Å²) in [6.07, 6.45) is 14.5. The fourth-order valence-corrected chi connectivity index (χ4v) is 5.59. The van der Waals surface area contributed by atoms with Crippen molar-refractivity contribution >= 4 is 35.5 Å². The number of methoxy groups -OCH3 is 1. The van der Waals surface area contributed by atoms with Crippen LogP contribution in [-0.4, -0.2) is 56.3 Å². The quantitative estimate of drug-likeness (QED) is 0.0562. The number of esters is 2. The standard InChI is InChI=1S/C31H50N2O7S/c1-8-9-10-11-12-13-14-15-16-17-18-24(34)26(29(38)40-31(3,4)5)25(20-19-22(2)27(35)36)41-30-32-21-23(33(30)6)28(37)39-7/h19,21,25-26H,8-18,20H2,1-7H3,(H,35,36). The minimum atomic E-state index is -1.13. The van der Waals surface area contributed by atoms with E-state index in [0.29, 0.717) is 11.6 Å². The molecule has 1 aromatic heterocycles. The molecule has 0 saturated carbocycles. The van der Waals surface area contributed by atoms with E-state index in [1.54, 1.807) is 27.8 Å². The number of Topliss-reactive ketones (excluding diaryl/α,β-unsaturated/α-hetero) is 1. The van der Waals surface area contributed by atoms with Gasteiger partial charge in [0.05, 0.1) is 13.3 Å². The number of allylic oxidation sites excluding steroid dienone is 1. The lowest BCUT2D eigenvalue weighted by atomic mass is 9.92. The highest BCUT2D eigenvalue weighted by Gasteiger charge is 2.38. The van der Waals surface area contributed by atoms with Crippen LogP contribution in [0, 0.1) is 5.92 Å². The summed E-state index contributed by atoms with van der Waals surface area (Å²) in [4.78, 5) is 54.9. The summed E-state index contributed by atoms with van der Waals surface area (Å²) in [6.45, 7) is 8.91. The Hall–Kier alpha value is -2.62. The molecule has 0 aliphatic carbocycles. The number of carbonyl (C=O) groups excluding carboxylic acids is 3. The van der Waals surface area contributed by atoms with Crippen LogP contribution in [0.3, 0.4) is 0 Å². The van der Waals surface area contributed by atoms with E-state index < -0.39 is 34.7 Å². The number of nitrogens with zero attached hydrogens (tertiary/aromatic N) is 2. The van der Waals surface area contributed by atoms with Crippen molar-refractivity contribution < 1.29 is 33.8 Å². The Labute approximate surface area is 249 Å². The number of carbonyl (C=O) groups is 4. The van der Waals surface area contributed by atoms with Gasteiger partial charge in [-0.3, -0.25) is 9.59 Å². The number of unbranched alkanes of at least 4 members (excludes halogenated alkanes) is 9. The molecule has 0 radical (unpaired) electrons. The average Bonchev–Trinajstić information content (AvgIpc) is 3.26. The third-order valence-electron chi connectivity index (χ3n) is 6.75. The maximum atomic E-state index is 13.6. The second-order valence-electron chi connectivity index (χ2n) is 11.5. The first-order valence-corrected chi connectivity index (χ1v) is 15.6. The fourth-order valence-electron chi connectivity index (χ4n) is 4.36. The highest BCUT2D eigenvalue weighted by molar-refractivity contribution is 7.99. The smallest absolute Gasteiger partial charge is 0.356 e. The van der Waals surface area contributed by atoms with Crippen molar-refractivity contribution in [3.63, 3.8) is 0 Å². The SMILES string of the molecule is CCCCCCCCCCCCC(=O)C(C(=O)OC(C)(C)C)C(CC=C(C)C(=O)O)Sc1ncc(C(=O)OC)n1C. The molecule has 1 heterocycles. The lowest BCUT2D eigenvalue weighted by molar-refractivity contribution is -0.162. The van der Waals surface area contributed by atoms with E-state index in [1.165, 1.54) is 69.4 Å². The molecule has 0 aromatic carbocycles. The lowest BCUT2D eigenvalue weighted by Gasteiger charge is -2.28. The number of imidazole rings is 1. The molecule has 2 atom stereocenters. The zero-order chi connectivity index (χ0) is 31.0. The number of rotatable bonds is 20. The molecule has 232 valence electrons. The minimum Gasteiger partial charge on any atom is -0.478 e. The second kappa shape index (κ2) is 18.7. The van der Waals surface area contributed by atoms with E-state index >= 15 is 0 Å². The van der Waals surface area contributed by atoms with Gasteiger partial charge in [0.1, 0.15) is 23.0 Å². The summed E-state index contributed by atoms with van der Waals surface area (Å²) in [5.41, 5.74) is -0.483. The zero-order valence-electron chi connectivity index (χ0n) is 26.0. The lowest BCUT2D eigenvalue weighted by Crippen LogP contribution is -2.38. The van der Waals surface area contributed by atoms with Crippen LogP contribution in [0.15, 0.2) is 23.0 Å². The normalized spacial score (nSPS) is 13.5. The molecule has 0 bridgehead atoms. The summed E-state index contributed by atoms with van der Waals surface area (Å²) in [5, 5.41) is 9.09. The maximum Gasteiger partial charge on any atom is 0.356 e. The second-order valence-corrected chi connectivity index (χ2v) is 12.7. The number of aromatic nitrogens is 2. The van der Waals surface area contributed by atoms with E-state index in [2.05, 4.69) is 11.9 Å². The van der Waals surface area contributed by atoms with Gasteiger partial charge >= 0.3 is 17.9 Å². The Kier molecular flexibility index (Phi) is 16.6. The molecular weight excluding hydrogens is 544 g/mol. The predicted molar refractivity (Wildman–Crippen MR) is 161 cm³/mol. The van der Waals surface area contributed by atoms with E-state index in [1.807, 2.05) is 0 Å². The molecule has 0 saturated heterocycles. The summed E-state index contributed by atoms with van der Waals surface area (Å²) in [7, 11) is 2.92. The van der Waals surface area contributed by atoms with Gasteiger partial charge in [-0.05, 0) is 40.5 Å². The van der Waals surface area contributed by atoms with Crippen LogP contribution in [0.2, 0.25) is 0 Å². The maximum absolute atomic E-state index is 13.6. The Morgan fingerprint density at radius 3 is 2.10 bits per heavy atom. The molecular formula is C31H50N2O7S. The van der Waals surface area contributed by atoms with Crippen LogP contribution < -0.4 is 0 Å². The third-order valence-corrected chi connectivity index (χ3v) is 8.10. The van der Waals surface area contributed by atoms with Crippen LogP contribution in [-0.2, 0) is 30.9 Å². The van der Waals surface area contributed by atoms with Crippen molar-refractivity contribution in [2.45, 2.75) is 128 Å². The molecule has 0 aliphatic rings. The number of ketones is 1. The summed E-state index contributed by atoms with van der Waals surface area (Å²) < 4.78 is 12.0. The molecule has 0 aliphatic heterocycles. The fraction of sp³-hybridized carbons (Fsp3) is 0.710. The monoisotopic (exact) mass is 594 g/mol. The minimum absolute atomic E-state index is 0.107. The Bertz CT molecular complexity index is 1030. The molecule has 2 unspecified atom stereocenters. The van der Waals surface area contributed by atoms with E-state index in [0.717, 1.165) is 31.0 Å². The summed E-state index contributed by atoms with van der Waals surface area (Å²) >= 11 is 1.15. The van der Waals surface area contributed by atoms with E-state index in [9.17, 15) is 24.3 Å². The van der Waals surface area contributed by atoms with Gasteiger partial charge in [-0.25, -0.2) is 14.6 Å². The van der Waals surface area contributed by atoms with Gasteiger partial charge in [-0.15, -0.1) is 0 Å². The van der Waals surface area contributed by atoms with Gasteiger partial charge in [0.25, 0.3) is 0 Å². The van der Waals surface area contributed by atoms with Crippen molar-refractivity contribution in [1.29, 1.82) is 0 Å². The van der Waals surface area contributed by atoms with Gasteiger partial charge in [0, 0.05) is 24.3 Å². The molecule has 0 amide bonds. The number of carboxylic acids is 1. The van der Waals surface area contributed by atoms with Crippen LogP contribution >= 0.6 is 11.8 Å². The van der Waals surface area contributed by atoms with Gasteiger partial charge in [0.15, 0.2) is 5.16 Å². The van der Waals surface area contributed by atoms with Crippen molar-refractivity contribution in [2.24, 2.45) is 13.0 Å². The molecule has 9 nitrogen and oxygen atoms in total. The van der Waals surface area contributed by atoms with Crippen LogP contribution in [0.25, 0.3) is 0 Å². The zero-order valence-corrected chi connectivity index (χ0v) is 26.8. The Morgan fingerprint density at radius 2 is 1.59 bits per heavy atom. The van der Waals surface area contributed by atoms with Crippen molar-refractivity contribution in [3.8, 4) is 0 Å². The molecule has 10 heteroatoms. The summed E-state index contributed by atoms with van der Waals surface area (Å²) in [5.74, 6) is -3.65. The number of aliphatic carboxylic acids is 1. The molecule has 1 rings (SSSR count). The third kappa shape index (κ3) is 13.7. The Balaban J connectivity index is 3.09. The van der Waals surface area contributed by atoms with Gasteiger partial charge < -0.3 is 19.1 Å². The number of thioether (sulfide) groups is 1. The van der Waals surface area contributed by atoms with Crippen LogP contribution in [0.1, 0.15) is 122 Å². The number of hydrogen-bond acceptors (Lipinski definition) is 8. The van der Waals surface area contributed by atoms with E-state index in [4.69, 9.17) is 9.47 Å². The molecule has 0 spiro atoms. The highest BCUT2D eigenvalue weighted by Crippen LogP contribution is 2.34. The first-order valence-electron chi connectivity index (χ1n) is 14.7. The number of ether oxygens (including phenoxy) is 2. The van der Waals surface area contributed by atoms with Gasteiger partial charge in [-0.1, -0.05) is 82.5 Å². The van der Waals surface area contributed by atoms with Gasteiger partial charge in [-0.2, -0.15) is 0 Å². The highest BCUT2D eigenvalue weighted by atomic mass is 32.2. The van der Waals surface area contributed by atoms with Crippen LogP contribution in [0.4, 0.5) is 0 Å². The van der Waals surface area contributed by atoms with Crippen molar-refractivity contribution in [1.82, 2.24) is 9.55 Å². The van der Waals surface area contributed by atoms with Crippen molar-refractivity contribution in [3.05, 3.63) is 23.5 Å². The summed E-state index contributed by atoms with van der Waals surface area (Å²) in [6, 6.07) is 0. The number of carboxylic acid groups (broad SMARTS) is 1. The topological polar surface area (TPSA) is 125 Å². The van der Waals surface area contributed by atoms with Crippen LogP contribution in [0.5, 0.6) is 0 Å². The number of hydrogen-bond donors (Lipinski definition) is 1. The largest absolute Gasteiger partial charge is 0.478 e.